The zero-order valence-corrected chi connectivity index (χ0v) is 16.6. The monoisotopic (exact) mass is 404 g/mol. The fraction of sp³-hybridized carbons (Fsp3) is 0.579. The maximum atomic E-state index is 12.3. The molecule has 0 bridgehead atoms. The first-order valence-electron chi connectivity index (χ1n) is 9.67. The number of aryl methyl sites for hydroxylation is 2. The number of rotatable bonds is 5. The van der Waals surface area contributed by atoms with E-state index in [4.69, 9.17) is 11.6 Å². The third kappa shape index (κ3) is 4.28. The van der Waals surface area contributed by atoms with Crippen LogP contribution in [0, 0.1) is 18.8 Å². The topological polar surface area (TPSA) is 96.2 Å². The minimum Gasteiger partial charge on any atom is -0.391 e. The molecule has 4 rings (SSSR count). The number of fused-ring (bicyclic) bond motifs is 1. The van der Waals surface area contributed by atoms with Crippen molar-refractivity contribution in [3.63, 3.8) is 0 Å². The van der Waals surface area contributed by atoms with Gasteiger partial charge in [-0.15, -0.1) is 0 Å². The normalized spacial score (nSPS) is 26.9. The van der Waals surface area contributed by atoms with Crippen molar-refractivity contribution in [3.05, 3.63) is 35.5 Å². The van der Waals surface area contributed by atoms with Crippen LogP contribution in [0.5, 0.6) is 0 Å². The van der Waals surface area contributed by atoms with E-state index in [2.05, 4.69) is 25.3 Å². The van der Waals surface area contributed by atoms with Crippen LogP contribution in [-0.4, -0.2) is 56.0 Å². The molecular weight excluding hydrogens is 380 g/mol. The van der Waals surface area contributed by atoms with Crippen LogP contribution in [0.1, 0.15) is 25.0 Å². The Morgan fingerprint density at radius 1 is 1.32 bits per heavy atom. The van der Waals surface area contributed by atoms with Gasteiger partial charge in [0.05, 0.1) is 23.4 Å². The average molecular weight is 405 g/mol. The van der Waals surface area contributed by atoms with Gasteiger partial charge in [0.1, 0.15) is 12.1 Å². The summed E-state index contributed by atoms with van der Waals surface area (Å²) >= 11 is 5.84. The molecular formula is C19H25ClN6O2. The van der Waals surface area contributed by atoms with Gasteiger partial charge in [-0.25, -0.2) is 9.97 Å². The van der Waals surface area contributed by atoms with Crippen LogP contribution >= 0.6 is 11.6 Å². The molecule has 2 fully saturated rings. The van der Waals surface area contributed by atoms with Gasteiger partial charge in [-0.05, 0) is 31.6 Å². The Labute approximate surface area is 168 Å². The largest absolute Gasteiger partial charge is 0.391 e. The van der Waals surface area contributed by atoms with Crippen LogP contribution in [0.2, 0.25) is 5.02 Å². The first-order valence-corrected chi connectivity index (χ1v) is 10.0. The maximum absolute atomic E-state index is 12.3. The van der Waals surface area contributed by atoms with E-state index in [9.17, 15) is 9.90 Å². The number of hydrogen-bond acceptors (Lipinski definition) is 6. The van der Waals surface area contributed by atoms with E-state index >= 15 is 0 Å². The highest BCUT2D eigenvalue weighted by molar-refractivity contribution is 6.30. The second kappa shape index (κ2) is 8.05. The van der Waals surface area contributed by atoms with E-state index in [1.807, 2.05) is 13.0 Å². The predicted octanol–water partition coefficient (Wildman–Crippen LogP) is 1.42. The van der Waals surface area contributed by atoms with E-state index in [1.54, 1.807) is 23.4 Å². The Kier molecular flexibility index (Phi) is 5.50. The summed E-state index contributed by atoms with van der Waals surface area (Å²) < 4.78 is 1.65. The third-order valence-corrected chi connectivity index (χ3v) is 5.97. The van der Waals surface area contributed by atoms with Crippen molar-refractivity contribution in [2.24, 2.45) is 11.8 Å². The highest BCUT2D eigenvalue weighted by Crippen LogP contribution is 2.38. The predicted molar refractivity (Wildman–Crippen MR) is 105 cm³/mol. The number of anilines is 1. The molecule has 1 amide bonds. The summed E-state index contributed by atoms with van der Waals surface area (Å²) in [6.07, 6.45) is 6.11. The summed E-state index contributed by atoms with van der Waals surface area (Å²) in [7, 11) is 0. The molecule has 1 aliphatic heterocycles. The molecule has 0 radical (unpaired) electrons. The lowest BCUT2D eigenvalue weighted by molar-refractivity contribution is -0.123. The smallest absolute Gasteiger partial charge is 0.222 e. The van der Waals surface area contributed by atoms with Crippen molar-refractivity contribution >= 4 is 23.3 Å². The summed E-state index contributed by atoms with van der Waals surface area (Å²) in [4.78, 5) is 23.1. The first kappa shape index (κ1) is 19.1. The van der Waals surface area contributed by atoms with Crippen molar-refractivity contribution in [2.75, 3.05) is 18.0 Å². The third-order valence-electron chi connectivity index (χ3n) is 5.77. The van der Waals surface area contributed by atoms with Crippen LogP contribution < -0.4 is 10.2 Å². The molecule has 150 valence electrons. The van der Waals surface area contributed by atoms with Crippen molar-refractivity contribution in [1.29, 1.82) is 0 Å². The molecule has 0 aromatic carbocycles. The highest BCUT2D eigenvalue weighted by atomic mass is 35.5. The van der Waals surface area contributed by atoms with E-state index < -0.39 is 6.10 Å². The summed E-state index contributed by atoms with van der Waals surface area (Å²) in [6, 6.07) is 1.79. The van der Waals surface area contributed by atoms with Crippen LogP contribution in [0.15, 0.2) is 24.8 Å². The second-order valence-electron chi connectivity index (χ2n) is 7.83. The number of nitrogens with one attached hydrogen (secondary N) is 1. The minimum atomic E-state index is -0.517. The molecule has 2 aromatic heterocycles. The molecule has 0 spiro atoms. The minimum absolute atomic E-state index is 0.0737. The molecule has 1 saturated heterocycles. The summed E-state index contributed by atoms with van der Waals surface area (Å²) in [5.41, 5.74) is 0.948. The van der Waals surface area contributed by atoms with Gasteiger partial charge in [-0.1, -0.05) is 11.6 Å². The fourth-order valence-corrected chi connectivity index (χ4v) is 4.50. The number of carbonyl (C=O) groups is 1. The van der Waals surface area contributed by atoms with Crippen LogP contribution in [-0.2, 0) is 11.3 Å². The van der Waals surface area contributed by atoms with Crippen molar-refractivity contribution in [3.8, 4) is 0 Å². The second-order valence-corrected chi connectivity index (χ2v) is 8.26. The number of aromatic nitrogens is 4. The summed E-state index contributed by atoms with van der Waals surface area (Å²) in [6.45, 7) is 4.21. The van der Waals surface area contributed by atoms with Crippen molar-refractivity contribution in [1.82, 2.24) is 25.1 Å². The van der Waals surface area contributed by atoms with Gasteiger partial charge < -0.3 is 15.3 Å². The SMILES string of the molecule is Cc1cc(N2C[C@H]3C[C@H](O)[C@@H](NC(=O)CCn4cc(Cl)cn4)C[C@H]3C2)ncn1. The van der Waals surface area contributed by atoms with Gasteiger partial charge >= 0.3 is 0 Å². The number of hydrogen-bond donors (Lipinski definition) is 2. The number of amides is 1. The Balaban J connectivity index is 1.32. The molecule has 9 heteroatoms. The Morgan fingerprint density at radius 3 is 2.82 bits per heavy atom. The molecule has 2 aromatic rings. The van der Waals surface area contributed by atoms with Gasteiger partial charge in [-0.3, -0.25) is 9.48 Å². The summed E-state index contributed by atoms with van der Waals surface area (Å²) in [5, 5.41) is 18.2. The zero-order valence-electron chi connectivity index (χ0n) is 15.8. The lowest BCUT2D eigenvalue weighted by Crippen LogP contribution is -2.49. The van der Waals surface area contributed by atoms with E-state index in [1.165, 1.54) is 0 Å². The molecule has 1 aliphatic carbocycles. The van der Waals surface area contributed by atoms with Gasteiger partial charge in [0.25, 0.3) is 0 Å². The Morgan fingerprint density at radius 2 is 2.11 bits per heavy atom. The van der Waals surface area contributed by atoms with Gasteiger partial charge in [0.2, 0.25) is 5.91 Å². The molecule has 1 saturated carbocycles. The lowest BCUT2D eigenvalue weighted by atomic mass is 9.77. The number of aliphatic hydroxyl groups excluding tert-OH is 1. The van der Waals surface area contributed by atoms with Gasteiger partial charge in [0.15, 0.2) is 0 Å². The fourth-order valence-electron chi connectivity index (χ4n) is 4.34. The molecule has 4 atom stereocenters. The molecule has 2 N–H and O–H groups in total. The molecule has 8 nitrogen and oxygen atoms in total. The first-order chi connectivity index (χ1) is 13.5. The van der Waals surface area contributed by atoms with Crippen molar-refractivity contribution < 1.29 is 9.90 Å². The quantitative estimate of drug-likeness (QED) is 0.782. The van der Waals surface area contributed by atoms with Crippen LogP contribution in [0.4, 0.5) is 5.82 Å². The molecule has 28 heavy (non-hydrogen) atoms. The van der Waals surface area contributed by atoms with Crippen molar-refractivity contribution in [2.45, 2.75) is 44.9 Å². The zero-order chi connectivity index (χ0) is 19.7. The van der Waals surface area contributed by atoms with E-state index in [0.29, 0.717) is 36.2 Å². The Hall–Kier alpha value is -2.19. The average Bonchev–Trinajstić information content (AvgIpc) is 3.26. The maximum Gasteiger partial charge on any atom is 0.222 e. The Bertz CT molecular complexity index is 843. The standard InChI is InChI=1S/C19H25ClN6O2/c1-12-4-18(22-11-21-12)25-8-13-5-16(17(27)6-14(13)9-25)24-19(28)2-3-26-10-15(20)7-23-26/h4,7,10-11,13-14,16-17,27H,2-3,5-6,8-9H2,1H3,(H,24,28)/t13-,14+,16-,17-/m0/s1. The number of aliphatic hydroxyl groups is 1. The van der Waals surface area contributed by atoms with Crippen LogP contribution in [0.25, 0.3) is 0 Å². The van der Waals surface area contributed by atoms with Gasteiger partial charge in [0, 0.05) is 44.0 Å². The summed E-state index contributed by atoms with van der Waals surface area (Å²) in [5.74, 6) is 1.73. The molecule has 2 aliphatic rings. The molecule has 0 unspecified atom stereocenters. The number of halogens is 1. The highest BCUT2D eigenvalue weighted by Gasteiger charge is 2.42. The van der Waals surface area contributed by atoms with E-state index in [-0.39, 0.29) is 11.9 Å². The number of nitrogens with zero attached hydrogens (tertiary/aromatic N) is 5. The van der Waals surface area contributed by atoms with Crippen LogP contribution in [0.3, 0.4) is 0 Å². The molecule has 3 heterocycles. The van der Waals surface area contributed by atoms with E-state index in [0.717, 1.165) is 31.0 Å². The van der Waals surface area contributed by atoms with Gasteiger partial charge in [-0.2, -0.15) is 5.10 Å². The number of carbonyl (C=O) groups excluding carboxylic acids is 1. The lowest BCUT2D eigenvalue weighted by Gasteiger charge is -2.35.